The van der Waals surface area contributed by atoms with Crippen LogP contribution in [0, 0.1) is 11.8 Å². The average Bonchev–Trinajstić information content (AvgIpc) is 3.01. The van der Waals surface area contributed by atoms with Crippen LogP contribution in [0.3, 0.4) is 0 Å². The minimum absolute atomic E-state index is 0.620. The fourth-order valence-electron chi connectivity index (χ4n) is 4.79. The van der Waals surface area contributed by atoms with E-state index in [9.17, 15) is 0 Å². The van der Waals surface area contributed by atoms with Gasteiger partial charge in [-0.25, -0.2) is 0 Å². The van der Waals surface area contributed by atoms with Crippen molar-refractivity contribution in [1.29, 1.82) is 0 Å². The van der Waals surface area contributed by atoms with Crippen molar-refractivity contribution < 1.29 is 9.47 Å². The van der Waals surface area contributed by atoms with Crippen LogP contribution in [0.15, 0.2) is 69.6 Å². The van der Waals surface area contributed by atoms with Crippen LogP contribution >= 0.6 is 31.9 Å². The molecule has 226 valence electrons. The Morgan fingerprint density at radius 2 is 0.905 bits per heavy atom. The van der Waals surface area contributed by atoms with Gasteiger partial charge >= 0.3 is 0 Å². The molecule has 0 amide bonds. The van der Waals surface area contributed by atoms with E-state index in [2.05, 4.69) is 145 Å². The lowest BCUT2D eigenvalue weighted by Gasteiger charge is -2.16. The highest BCUT2D eigenvalue weighted by molar-refractivity contribution is 9.10. The molecule has 0 N–H and O–H groups in total. The Bertz CT molecular complexity index is 1160. The molecule has 0 bridgehead atoms. The van der Waals surface area contributed by atoms with E-state index in [4.69, 9.17) is 9.47 Å². The van der Waals surface area contributed by atoms with Gasteiger partial charge in [-0.3, -0.25) is 0 Å². The maximum Gasteiger partial charge on any atom is 0.133 e. The van der Waals surface area contributed by atoms with E-state index in [1.54, 1.807) is 0 Å². The standard InChI is InChI=1S/C38H48Br2O2/c1-5-9-11-29(7-3)27-41-37-23-21-33(25-35(37)39)19-17-31-13-15-32(16-14-31)18-20-34-22-24-38(36(40)26-34)42-28-30(8-4)12-10-6-2/h13-26,29-30H,5-12,27-28H2,1-4H3/b19-17+,20-18+. The van der Waals surface area contributed by atoms with E-state index < -0.39 is 0 Å². The predicted octanol–water partition coefficient (Wildman–Crippen LogP) is 12.7. The molecule has 0 heterocycles. The molecule has 0 aromatic heterocycles. The predicted molar refractivity (Wildman–Crippen MR) is 190 cm³/mol. The Balaban J connectivity index is 1.53. The number of hydrogen-bond donors (Lipinski definition) is 0. The lowest BCUT2D eigenvalue weighted by Crippen LogP contribution is -2.11. The molecule has 0 aliphatic heterocycles. The molecule has 2 atom stereocenters. The van der Waals surface area contributed by atoms with Crippen LogP contribution < -0.4 is 9.47 Å². The maximum atomic E-state index is 6.13. The Labute approximate surface area is 271 Å². The van der Waals surface area contributed by atoms with Crippen molar-refractivity contribution in [3.05, 3.63) is 91.9 Å². The fraction of sp³-hybridized carbons (Fsp3) is 0.421. The molecular formula is C38H48Br2O2. The first-order chi connectivity index (χ1) is 20.4. The van der Waals surface area contributed by atoms with Crippen molar-refractivity contribution in [2.75, 3.05) is 13.2 Å². The van der Waals surface area contributed by atoms with Crippen molar-refractivity contribution in [2.45, 2.75) is 79.1 Å². The van der Waals surface area contributed by atoms with Crippen LogP contribution in [0.5, 0.6) is 11.5 Å². The van der Waals surface area contributed by atoms with Gasteiger partial charge in [-0.2, -0.15) is 0 Å². The molecule has 3 rings (SSSR count). The minimum atomic E-state index is 0.620. The zero-order chi connectivity index (χ0) is 30.2. The topological polar surface area (TPSA) is 18.5 Å². The second-order valence-corrected chi connectivity index (χ2v) is 12.9. The van der Waals surface area contributed by atoms with Crippen molar-refractivity contribution in [1.82, 2.24) is 0 Å². The van der Waals surface area contributed by atoms with E-state index in [1.807, 2.05) is 0 Å². The largest absolute Gasteiger partial charge is 0.492 e. The van der Waals surface area contributed by atoms with Crippen LogP contribution in [0.25, 0.3) is 24.3 Å². The van der Waals surface area contributed by atoms with Gasteiger partial charge in [-0.05, 0) is 103 Å². The van der Waals surface area contributed by atoms with Crippen LogP contribution in [-0.4, -0.2) is 13.2 Å². The van der Waals surface area contributed by atoms with E-state index in [0.29, 0.717) is 11.8 Å². The molecule has 0 aliphatic rings. The molecule has 2 unspecified atom stereocenters. The Kier molecular flexibility index (Phi) is 15.5. The number of unbranched alkanes of at least 4 members (excludes halogenated alkanes) is 2. The number of hydrogen-bond acceptors (Lipinski definition) is 2. The van der Waals surface area contributed by atoms with Crippen molar-refractivity contribution in [3.63, 3.8) is 0 Å². The highest BCUT2D eigenvalue weighted by Gasteiger charge is 2.10. The smallest absolute Gasteiger partial charge is 0.133 e. The second kappa shape index (κ2) is 19.1. The van der Waals surface area contributed by atoms with Crippen molar-refractivity contribution in [3.8, 4) is 11.5 Å². The monoisotopic (exact) mass is 694 g/mol. The van der Waals surface area contributed by atoms with E-state index in [-0.39, 0.29) is 0 Å². The fourth-order valence-corrected chi connectivity index (χ4v) is 5.81. The van der Waals surface area contributed by atoms with Crippen molar-refractivity contribution in [2.24, 2.45) is 11.8 Å². The molecule has 0 saturated carbocycles. The Morgan fingerprint density at radius 1 is 0.548 bits per heavy atom. The van der Waals surface area contributed by atoms with Gasteiger partial charge in [0.25, 0.3) is 0 Å². The summed E-state index contributed by atoms with van der Waals surface area (Å²) in [6, 6.07) is 21.2. The third kappa shape index (κ3) is 11.8. The van der Waals surface area contributed by atoms with Gasteiger partial charge in [0.15, 0.2) is 0 Å². The van der Waals surface area contributed by atoms with E-state index >= 15 is 0 Å². The number of benzene rings is 3. The third-order valence-corrected chi connectivity index (χ3v) is 9.06. The van der Waals surface area contributed by atoms with Crippen LogP contribution in [0.4, 0.5) is 0 Å². The number of ether oxygens (including phenoxy) is 2. The summed E-state index contributed by atoms with van der Waals surface area (Å²) in [5, 5.41) is 0. The van der Waals surface area contributed by atoms with Gasteiger partial charge in [-0.1, -0.05) is 127 Å². The zero-order valence-corrected chi connectivity index (χ0v) is 29.1. The summed E-state index contributed by atoms with van der Waals surface area (Å²) in [5.41, 5.74) is 4.61. The summed E-state index contributed by atoms with van der Waals surface area (Å²) >= 11 is 7.40. The van der Waals surface area contributed by atoms with Gasteiger partial charge in [0.05, 0.1) is 22.2 Å². The number of rotatable bonds is 18. The first-order valence-electron chi connectivity index (χ1n) is 15.8. The molecule has 3 aromatic rings. The lowest BCUT2D eigenvalue weighted by atomic mass is 10.0. The SMILES string of the molecule is CCCCC(CC)COc1ccc(/C=C/c2ccc(/C=C/c3ccc(OCC(CC)CCCC)c(Br)c3)cc2)cc1Br. The summed E-state index contributed by atoms with van der Waals surface area (Å²) in [7, 11) is 0. The summed E-state index contributed by atoms with van der Waals surface area (Å²) in [5.74, 6) is 3.07. The Hall–Kier alpha value is -2.30. The maximum absolute atomic E-state index is 6.13. The van der Waals surface area contributed by atoms with Gasteiger partial charge in [-0.15, -0.1) is 0 Å². The second-order valence-electron chi connectivity index (χ2n) is 11.2. The highest BCUT2D eigenvalue weighted by atomic mass is 79.9. The van der Waals surface area contributed by atoms with Gasteiger partial charge in [0.1, 0.15) is 11.5 Å². The third-order valence-electron chi connectivity index (χ3n) is 7.82. The molecule has 2 nitrogen and oxygen atoms in total. The lowest BCUT2D eigenvalue weighted by molar-refractivity contribution is 0.232. The molecule has 0 spiro atoms. The van der Waals surface area contributed by atoms with Crippen LogP contribution in [0.2, 0.25) is 0 Å². The first-order valence-corrected chi connectivity index (χ1v) is 17.3. The molecular weight excluding hydrogens is 648 g/mol. The Morgan fingerprint density at radius 3 is 1.24 bits per heavy atom. The van der Waals surface area contributed by atoms with Crippen LogP contribution in [-0.2, 0) is 0 Å². The van der Waals surface area contributed by atoms with Crippen LogP contribution in [0.1, 0.15) is 101 Å². The quantitative estimate of drug-likeness (QED) is 0.123. The van der Waals surface area contributed by atoms with E-state index in [1.165, 1.54) is 49.7 Å². The summed E-state index contributed by atoms with van der Waals surface area (Å²) in [4.78, 5) is 0. The van der Waals surface area contributed by atoms with Gasteiger partial charge in [0, 0.05) is 0 Å². The molecule has 0 aliphatic carbocycles. The molecule has 0 fully saturated rings. The zero-order valence-electron chi connectivity index (χ0n) is 25.9. The summed E-state index contributed by atoms with van der Waals surface area (Å²) in [6.45, 7) is 10.5. The van der Waals surface area contributed by atoms with E-state index in [0.717, 1.165) is 57.6 Å². The average molecular weight is 697 g/mol. The molecule has 0 radical (unpaired) electrons. The molecule has 4 heteroatoms. The minimum Gasteiger partial charge on any atom is -0.492 e. The van der Waals surface area contributed by atoms with Gasteiger partial charge in [0.2, 0.25) is 0 Å². The number of halogens is 2. The van der Waals surface area contributed by atoms with Gasteiger partial charge < -0.3 is 9.47 Å². The molecule has 42 heavy (non-hydrogen) atoms. The van der Waals surface area contributed by atoms with Crippen molar-refractivity contribution >= 4 is 56.2 Å². The normalized spacial score (nSPS) is 13.1. The highest BCUT2D eigenvalue weighted by Crippen LogP contribution is 2.29. The first kappa shape index (κ1) is 34.2. The molecule has 0 saturated heterocycles. The summed E-state index contributed by atoms with van der Waals surface area (Å²) < 4.78 is 14.3. The summed E-state index contributed by atoms with van der Waals surface area (Å²) in [6.07, 6.45) is 18.4. The molecule has 3 aromatic carbocycles.